The van der Waals surface area contributed by atoms with Gasteiger partial charge in [0.15, 0.2) is 0 Å². The summed E-state index contributed by atoms with van der Waals surface area (Å²) < 4.78 is 14.0. The number of rotatable bonds is 8. The smallest absolute Gasteiger partial charge is 0.400 e. The normalized spacial score (nSPS) is 19.6. The van der Waals surface area contributed by atoms with E-state index in [2.05, 4.69) is 81.7 Å². The molecule has 1 aromatic rings. The average Bonchev–Trinajstić information content (AvgIpc) is 2.79. The monoisotopic (exact) mass is 420 g/mol. The molecule has 1 aliphatic heterocycles. The van der Waals surface area contributed by atoms with Crippen molar-refractivity contribution in [1.82, 2.24) is 0 Å². The molecule has 1 heterocycles. The largest absolute Gasteiger partial charge is 0.490 e. The van der Waals surface area contributed by atoms with Crippen molar-refractivity contribution >= 4 is 28.6 Å². The lowest BCUT2D eigenvalue weighted by Gasteiger charge is -2.32. The highest BCUT2D eigenvalue weighted by Gasteiger charge is 2.52. The summed E-state index contributed by atoms with van der Waals surface area (Å²) in [7, 11) is -0.259. The van der Waals surface area contributed by atoms with Gasteiger partial charge in [-0.15, -0.1) is 0 Å². The molecule has 0 spiro atoms. The van der Waals surface area contributed by atoms with Crippen molar-refractivity contribution < 1.29 is 9.31 Å². The Morgan fingerprint density at radius 1 is 0.923 bits per heavy atom. The van der Waals surface area contributed by atoms with E-state index in [1.807, 2.05) is 0 Å². The molecule has 0 aliphatic carbocycles. The first-order valence-electron chi connectivity index (χ1n) is 10.1. The lowest BCUT2D eigenvalue weighted by Crippen LogP contribution is -2.41. The summed E-state index contributed by atoms with van der Waals surface area (Å²) in [5.41, 5.74) is 3.39. The molecule has 0 aromatic heterocycles. The molecule has 2 rings (SSSR count). The van der Waals surface area contributed by atoms with Gasteiger partial charge < -0.3 is 9.31 Å². The molecule has 0 radical (unpaired) electrons. The Balaban J connectivity index is 2.52. The first-order chi connectivity index (χ1) is 12.2. The minimum atomic E-state index is -0.307. The Bertz CT molecular complexity index is 621. The lowest BCUT2D eigenvalue weighted by molar-refractivity contribution is 0.00578. The van der Waals surface area contributed by atoms with Crippen LogP contribution in [0.4, 0.5) is 0 Å². The highest BCUT2D eigenvalue weighted by molar-refractivity contribution is 9.10. The quantitative estimate of drug-likeness (QED) is 0.413. The van der Waals surface area contributed by atoms with Crippen LogP contribution in [0.15, 0.2) is 34.2 Å². The molecule has 0 amide bonds. The van der Waals surface area contributed by atoms with Gasteiger partial charge in [0.2, 0.25) is 0 Å². The van der Waals surface area contributed by atoms with Crippen LogP contribution in [0.3, 0.4) is 0 Å². The molecule has 0 atom stereocenters. The van der Waals surface area contributed by atoms with E-state index < -0.39 is 0 Å². The average molecular weight is 421 g/mol. The van der Waals surface area contributed by atoms with Crippen LogP contribution >= 0.6 is 15.9 Å². The lowest BCUT2D eigenvalue weighted by atomic mass is 9.70. The second-order valence-corrected chi connectivity index (χ2v) is 9.13. The molecule has 0 unspecified atom stereocenters. The zero-order valence-corrected chi connectivity index (χ0v) is 18.9. The predicted molar refractivity (Wildman–Crippen MR) is 116 cm³/mol. The SMILES string of the molecule is CCCC/C(B1OC(C)(C)C(C)(C)O1)=C(\CCCC)c1ccccc1Br. The van der Waals surface area contributed by atoms with Crippen LogP contribution in [0.5, 0.6) is 0 Å². The Morgan fingerprint density at radius 3 is 2.00 bits per heavy atom. The fraction of sp³-hybridized carbons (Fsp3) is 0.636. The van der Waals surface area contributed by atoms with Crippen molar-refractivity contribution in [3.8, 4) is 0 Å². The summed E-state index contributed by atoms with van der Waals surface area (Å²) in [5.74, 6) is 0. The van der Waals surface area contributed by atoms with Gasteiger partial charge in [0.25, 0.3) is 0 Å². The summed E-state index contributed by atoms with van der Waals surface area (Å²) in [4.78, 5) is 0. The first kappa shape index (κ1) is 21.7. The molecule has 4 heteroatoms. The third-order valence-corrected chi connectivity index (χ3v) is 6.40. The zero-order valence-electron chi connectivity index (χ0n) is 17.3. The fourth-order valence-corrected chi connectivity index (χ4v) is 3.82. The number of hydrogen-bond donors (Lipinski definition) is 0. The fourth-order valence-electron chi connectivity index (χ4n) is 3.29. The molecule has 0 bridgehead atoms. The van der Waals surface area contributed by atoms with E-state index in [-0.39, 0.29) is 18.3 Å². The van der Waals surface area contributed by atoms with Crippen molar-refractivity contribution in [1.29, 1.82) is 0 Å². The van der Waals surface area contributed by atoms with Crippen LogP contribution in [0.2, 0.25) is 0 Å². The maximum Gasteiger partial charge on any atom is 0.490 e. The maximum atomic E-state index is 6.45. The van der Waals surface area contributed by atoms with Gasteiger partial charge in [-0.05, 0) is 69.6 Å². The molecule has 1 aromatic carbocycles. The van der Waals surface area contributed by atoms with Crippen LogP contribution in [-0.4, -0.2) is 18.3 Å². The van der Waals surface area contributed by atoms with Crippen LogP contribution in [-0.2, 0) is 9.31 Å². The van der Waals surface area contributed by atoms with Crippen molar-refractivity contribution in [3.63, 3.8) is 0 Å². The van der Waals surface area contributed by atoms with Gasteiger partial charge in [0.05, 0.1) is 11.2 Å². The summed E-state index contributed by atoms with van der Waals surface area (Å²) in [6.45, 7) is 13.0. The molecule has 1 saturated heterocycles. The topological polar surface area (TPSA) is 18.5 Å². The second-order valence-electron chi connectivity index (χ2n) is 8.28. The van der Waals surface area contributed by atoms with Gasteiger partial charge in [-0.1, -0.05) is 67.2 Å². The Labute approximate surface area is 169 Å². The van der Waals surface area contributed by atoms with Crippen LogP contribution in [0.1, 0.15) is 85.6 Å². The molecule has 144 valence electrons. The molecule has 1 aliphatic rings. The van der Waals surface area contributed by atoms with E-state index in [1.165, 1.54) is 35.9 Å². The number of halogens is 1. The van der Waals surface area contributed by atoms with Gasteiger partial charge in [0, 0.05) is 4.47 Å². The highest BCUT2D eigenvalue weighted by Crippen LogP contribution is 2.42. The van der Waals surface area contributed by atoms with Gasteiger partial charge in [-0.25, -0.2) is 0 Å². The van der Waals surface area contributed by atoms with E-state index in [9.17, 15) is 0 Å². The Morgan fingerprint density at radius 2 is 1.46 bits per heavy atom. The number of benzene rings is 1. The van der Waals surface area contributed by atoms with E-state index in [0.29, 0.717) is 0 Å². The second kappa shape index (κ2) is 9.08. The summed E-state index contributed by atoms with van der Waals surface area (Å²) in [6.07, 6.45) is 6.75. The van der Waals surface area contributed by atoms with Crippen LogP contribution in [0, 0.1) is 0 Å². The van der Waals surface area contributed by atoms with Gasteiger partial charge in [-0.2, -0.15) is 0 Å². The zero-order chi connectivity index (χ0) is 19.4. The maximum absolute atomic E-state index is 6.45. The number of unbranched alkanes of at least 4 members (excludes halogenated alkanes) is 2. The van der Waals surface area contributed by atoms with E-state index >= 15 is 0 Å². The third kappa shape index (κ3) is 4.82. The standard InChI is InChI=1S/C22H34BBrO2/c1-7-9-13-17(18-14-11-12-16-20(18)24)19(15-10-8-2)23-25-21(3,4)22(5,6)26-23/h11-12,14,16H,7-10,13,15H2,1-6H3/b19-17-. The number of hydrogen-bond acceptors (Lipinski definition) is 2. The van der Waals surface area contributed by atoms with Gasteiger partial charge in [-0.3, -0.25) is 0 Å². The minimum absolute atomic E-state index is 0.259. The van der Waals surface area contributed by atoms with Crippen molar-refractivity contribution in [2.45, 2.75) is 91.3 Å². The molecular formula is C22H34BBrO2. The first-order valence-corrected chi connectivity index (χ1v) is 10.8. The summed E-state index contributed by atoms with van der Waals surface area (Å²) >= 11 is 3.76. The highest BCUT2D eigenvalue weighted by atomic mass is 79.9. The number of allylic oxidation sites excluding steroid dienone is 2. The molecule has 2 nitrogen and oxygen atoms in total. The van der Waals surface area contributed by atoms with E-state index in [0.717, 1.165) is 23.7 Å². The van der Waals surface area contributed by atoms with Crippen molar-refractivity contribution in [2.24, 2.45) is 0 Å². The molecule has 1 fully saturated rings. The predicted octanol–water partition coefficient (Wildman–Crippen LogP) is 7.21. The van der Waals surface area contributed by atoms with Gasteiger partial charge >= 0.3 is 7.12 Å². The van der Waals surface area contributed by atoms with Crippen molar-refractivity contribution in [2.75, 3.05) is 0 Å². The van der Waals surface area contributed by atoms with Crippen LogP contribution in [0.25, 0.3) is 5.57 Å². The van der Waals surface area contributed by atoms with Crippen LogP contribution < -0.4 is 0 Å². The Hall–Kier alpha value is -0.575. The minimum Gasteiger partial charge on any atom is -0.400 e. The summed E-state index contributed by atoms with van der Waals surface area (Å²) in [6, 6.07) is 8.54. The Kier molecular flexibility index (Phi) is 7.58. The van der Waals surface area contributed by atoms with Crippen molar-refractivity contribution in [3.05, 3.63) is 39.8 Å². The van der Waals surface area contributed by atoms with Gasteiger partial charge in [0.1, 0.15) is 0 Å². The summed E-state index contributed by atoms with van der Waals surface area (Å²) in [5, 5.41) is 0. The third-order valence-electron chi connectivity index (χ3n) is 5.70. The molecule has 0 saturated carbocycles. The van der Waals surface area contributed by atoms with E-state index in [1.54, 1.807) is 0 Å². The molecule has 0 N–H and O–H groups in total. The molecule has 26 heavy (non-hydrogen) atoms. The van der Waals surface area contributed by atoms with E-state index in [4.69, 9.17) is 9.31 Å². The molecular weight excluding hydrogens is 387 g/mol.